The Hall–Kier alpha value is -2.43. The number of ketones is 1. The summed E-state index contributed by atoms with van der Waals surface area (Å²) in [5.74, 6) is 1.08. The second-order valence-electron chi connectivity index (χ2n) is 4.19. The molecule has 5 heteroatoms. The normalized spacial score (nSPS) is 10.2. The Labute approximate surface area is 111 Å². The second kappa shape index (κ2) is 5.95. The van der Waals surface area contributed by atoms with Gasteiger partial charge in [-0.05, 0) is 23.3 Å². The van der Waals surface area contributed by atoms with Gasteiger partial charge in [0.05, 0.1) is 7.11 Å². The monoisotopic (exact) mass is 257 g/mol. The minimum Gasteiger partial charge on any atom is -0.481 e. The number of nitrogen functional groups attached to an aromatic ring is 1. The van der Waals surface area contributed by atoms with Crippen molar-refractivity contribution < 1.29 is 9.53 Å². The van der Waals surface area contributed by atoms with Crippen LogP contribution in [-0.4, -0.2) is 22.9 Å². The third kappa shape index (κ3) is 3.77. The number of rotatable bonds is 5. The number of aromatic nitrogens is 2. The molecule has 0 spiro atoms. The predicted molar refractivity (Wildman–Crippen MR) is 71.9 cm³/mol. The van der Waals surface area contributed by atoms with Crippen LogP contribution in [0.25, 0.3) is 0 Å². The molecule has 2 N–H and O–H groups in total. The van der Waals surface area contributed by atoms with E-state index in [2.05, 4.69) is 9.97 Å². The number of carbonyl (C=O) groups excluding carboxylic acids is 1. The van der Waals surface area contributed by atoms with Gasteiger partial charge in [-0.15, -0.1) is 0 Å². The zero-order valence-electron chi connectivity index (χ0n) is 10.7. The molecule has 2 aromatic rings. The quantitative estimate of drug-likeness (QED) is 0.876. The highest BCUT2D eigenvalue weighted by atomic mass is 16.5. The van der Waals surface area contributed by atoms with Crippen molar-refractivity contribution in [2.75, 3.05) is 12.8 Å². The Balaban J connectivity index is 1.97. The topological polar surface area (TPSA) is 78.1 Å². The number of methoxy groups -OCH3 is 1. The molecule has 0 aliphatic carbocycles. The lowest BCUT2D eigenvalue weighted by Crippen LogP contribution is -2.07. The maximum atomic E-state index is 11.9. The molecule has 2 heterocycles. The molecule has 2 aromatic heterocycles. The van der Waals surface area contributed by atoms with Gasteiger partial charge in [-0.3, -0.25) is 4.79 Å². The van der Waals surface area contributed by atoms with Gasteiger partial charge < -0.3 is 10.5 Å². The lowest BCUT2D eigenvalue weighted by molar-refractivity contribution is -0.117. The smallest absolute Gasteiger partial charge is 0.212 e. The summed E-state index contributed by atoms with van der Waals surface area (Å²) in [4.78, 5) is 19.9. The summed E-state index contributed by atoms with van der Waals surface area (Å²) in [6.07, 6.45) is 3.95. The van der Waals surface area contributed by atoms with Gasteiger partial charge in [0, 0.05) is 31.3 Å². The summed E-state index contributed by atoms with van der Waals surface area (Å²) in [5, 5.41) is 0. The molecular weight excluding hydrogens is 242 g/mol. The molecule has 0 aromatic carbocycles. The van der Waals surface area contributed by atoms with Crippen molar-refractivity contribution in [2.24, 2.45) is 0 Å². The largest absolute Gasteiger partial charge is 0.481 e. The molecule has 0 bridgehead atoms. The van der Waals surface area contributed by atoms with E-state index in [0.29, 0.717) is 24.5 Å². The third-order valence-corrected chi connectivity index (χ3v) is 2.65. The van der Waals surface area contributed by atoms with Crippen LogP contribution in [0, 0.1) is 0 Å². The summed E-state index contributed by atoms with van der Waals surface area (Å²) >= 11 is 0. The van der Waals surface area contributed by atoms with Crippen molar-refractivity contribution in [1.82, 2.24) is 9.97 Å². The predicted octanol–water partition coefficient (Wildman–Crippen LogP) is 1.42. The first kappa shape index (κ1) is 13.0. The Kier molecular flexibility index (Phi) is 4.07. The van der Waals surface area contributed by atoms with Crippen LogP contribution in [0.15, 0.2) is 36.7 Å². The molecule has 0 unspecified atom stereocenters. The highest BCUT2D eigenvalue weighted by molar-refractivity contribution is 5.83. The van der Waals surface area contributed by atoms with Crippen LogP contribution in [-0.2, 0) is 17.6 Å². The average Bonchev–Trinajstić information content (AvgIpc) is 2.39. The number of Topliss-reactive ketones (excluding diaryl/α,β-unsaturated/α-hetero) is 1. The van der Waals surface area contributed by atoms with Gasteiger partial charge in [-0.1, -0.05) is 6.07 Å². The van der Waals surface area contributed by atoms with E-state index >= 15 is 0 Å². The fourth-order valence-electron chi connectivity index (χ4n) is 1.76. The van der Waals surface area contributed by atoms with E-state index in [-0.39, 0.29) is 5.78 Å². The van der Waals surface area contributed by atoms with Gasteiger partial charge >= 0.3 is 0 Å². The minimum atomic E-state index is 0.109. The van der Waals surface area contributed by atoms with E-state index in [1.54, 1.807) is 37.7 Å². The fraction of sp³-hybridized carbons (Fsp3) is 0.214. The van der Waals surface area contributed by atoms with Crippen LogP contribution >= 0.6 is 0 Å². The second-order valence-corrected chi connectivity index (χ2v) is 4.19. The van der Waals surface area contributed by atoms with Crippen LogP contribution in [0.2, 0.25) is 0 Å². The summed E-state index contributed by atoms with van der Waals surface area (Å²) in [5.41, 5.74) is 7.31. The molecule has 19 heavy (non-hydrogen) atoms. The Morgan fingerprint density at radius 3 is 2.63 bits per heavy atom. The average molecular weight is 257 g/mol. The molecule has 0 atom stereocenters. The third-order valence-electron chi connectivity index (χ3n) is 2.65. The molecule has 2 rings (SSSR count). The molecule has 0 fully saturated rings. The molecule has 0 aliphatic heterocycles. The van der Waals surface area contributed by atoms with Gasteiger partial charge in [0.1, 0.15) is 11.6 Å². The number of hydrogen-bond acceptors (Lipinski definition) is 5. The van der Waals surface area contributed by atoms with E-state index in [9.17, 15) is 4.79 Å². The first-order chi connectivity index (χ1) is 9.17. The summed E-state index contributed by atoms with van der Waals surface area (Å²) in [7, 11) is 1.56. The van der Waals surface area contributed by atoms with Crippen molar-refractivity contribution in [1.29, 1.82) is 0 Å². The Morgan fingerprint density at radius 1 is 1.21 bits per heavy atom. The summed E-state index contributed by atoms with van der Waals surface area (Å²) in [6, 6.07) is 7.09. The van der Waals surface area contributed by atoms with Crippen LogP contribution in [0.3, 0.4) is 0 Å². The van der Waals surface area contributed by atoms with Crippen LogP contribution < -0.4 is 10.5 Å². The SMILES string of the molecule is COc1ccc(CC(=O)Cc2ccnc(N)c2)cn1. The molecule has 0 radical (unpaired) electrons. The van der Waals surface area contributed by atoms with Crippen LogP contribution in [0.4, 0.5) is 5.82 Å². The fourth-order valence-corrected chi connectivity index (χ4v) is 1.76. The molecular formula is C14H15N3O2. The highest BCUT2D eigenvalue weighted by Gasteiger charge is 2.06. The van der Waals surface area contributed by atoms with E-state index in [4.69, 9.17) is 10.5 Å². The van der Waals surface area contributed by atoms with Crippen molar-refractivity contribution in [3.63, 3.8) is 0 Å². The number of ether oxygens (including phenoxy) is 1. The van der Waals surface area contributed by atoms with Gasteiger partial charge in [-0.25, -0.2) is 9.97 Å². The molecule has 0 aliphatic rings. The maximum absolute atomic E-state index is 11.9. The zero-order valence-corrected chi connectivity index (χ0v) is 10.7. The molecule has 5 nitrogen and oxygen atoms in total. The van der Waals surface area contributed by atoms with Crippen molar-refractivity contribution in [2.45, 2.75) is 12.8 Å². The number of nitrogens with zero attached hydrogens (tertiary/aromatic N) is 2. The zero-order chi connectivity index (χ0) is 13.7. The Morgan fingerprint density at radius 2 is 2.00 bits per heavy atom. The van der Waals surface area contributed by atoms with E-state index in [0.717, 1.165) is 11.1 Å². The van der Waals surface area contributed by atoms with Gasteiger partial charge in [-0.2, -0.15) is 0 Å². The van der Waals surface area contributed by atoms with Crippen molar-refractivity contribution in [3.05, 3.63) is 47.8 Å². The number of anilines is 1. The highest BCUT2D eigenvalue weighted by Crippen LogP contribution is 2.10. The summed E-state index contributed by atoms with van der Waals surface area (Å²) in [6.45, 7) is 0. The van der Waals surface area contributed by atoms with Crippen LogP contribution in [0.1, 0.15) is 11.1 Å². The first-order valence-electron chi connectivity index (χ1n) is 5.88. The van der Waals surface area contributed by atoms with Crippen LogP contribution in [0.5, 0.6) is 5.88 Å². The van der Waals surface area contributed by atoms with E-state index in [1.165, 1.54) is 0 Å². The lowest BCUT2D eigenvalue weighted by Gasteiger charge is -2.03. The van der Waals surface area contributed by atoms with E-state index in [1.807, 2.05) is 6.07 Å². The minimum absolute atomic E-state index is 0.109. The summed E-state index contributed by atoms with van der Waals surface area (Å²) < 4.78 is 4.97. The molecule has 0 saturated carbocycles. The number of carbonyl (C=O) groups is 1. The van der Waals surface area contributed by atoms with Crippen molar-refractivity contribution in [3.8, 4) is 5.88 Å². The number of nitrogens with two attached hydrogens (primary N) is 1. The molecule has 0 saturated heterocycles. The lowest BCUT2D eigenvalue weighted by atomic mass is 10.0. The van der Waals surface area contributed by atoms with Gasteiger partial charge in [0.15, 0.2) is 0 Å². The van der Waals surface area contributed by atoms with E-state index < -0.39 is 0 Å². The number of pyridine rings is 2. The maximum Gasteiger partial charge on any atom is 0.212 e. The standard InChI is InChI=1S/C14H15N3O2/c1-19-14-3-2-11(9-17-14)7-12(18)6-10-4-5-16-13(15)8-10/h2-5,8-9H,6-7H2,1H3,(H2,15,16). The van der Waals surface area contributed by atoms with Crippen molar-refractivity contribution >= 4 is 11.6 Å². The van der Waals surface area contributed by atoms with Gasteiger partial charge in [0.25, 0.3) is 0 Å². The first-order valence-corrected chi connectivity index (χ1v) is 5.88. The van der Waals surface area contributed by atoms with Gasteiger partial charge in [0.2, 0.25) is 5.88 Å². The molecule has 98 valence electrons. The number of hydrogen-bond donors (Lipinski definition) is 1. The Bertz CT molecular complexity index is 567. The molecule has 0 amide bonds.